The van der Waals surface area contributed by atoms with Gasteiger partial charge in [0.15, 0.2) is 5.13 Å². The van der Waals surface area contributed by atoms with Gasteiger partial charge in [-0.3, -0.25) is 14.4 Å². The van der Waals surface area contributed by atoms with Crippen molar-refractivity contribution in [2.75, 3.05) is 25.0 Å². The van der Waals surface area contributed by atoms with Gasteiger partial charge in [-0.25, -0.2) is 9.97 Å². The van der Waals surface area contributed by atoms with E-state index in [0.717, 1.165) is 36.5 Å². The molecule has 1 amide bonds. The van der Waals surface area contributed by atoms with Crippen LogP contribution in [-0.4, -0.2) is 50.2 Å². The molecule has 1 aliphatic rings. The van der Waals surface area contributed by atoms with Gasteiger partial charge in [-0.15, -0.1) is 11.3 Å². The zero-order valence-electron chi connectivity index (χ0n) is 19.1. The predicted molar refractivity (Wildman–Crippen MR) is 128 cm³/mol. The first kappa shape index (κ1) is 22.9. The summed E-state index contributed by atoms with van der Waals surface area (Å²) in [4.78, 5) is 23.8. The van der Waals surface area contributed by atoms with Crippen LogP contribution < -0.4 is 10.6 Å². The molecule has 3 aromatic heterocycles. The summed E-state index contributed by atoms with van der Waals surface area (Å²) in [5.41, 5.74) is 4.63. The molecule has 0 spiro atoms. The summed E-state index contributed by atoms with van der Waals surface area (Å²) in [7, 11) is 0. The quantitative estimate of drug-likeness (QED) is 0.491. The van der Waals surface area contributed by atoms with Gasteiger partial charge in [0, 0.05) is 17.6 Å². The van der Waals surface area contributed by atoms with Crippen LogP contribution >= 0.6 is 11.3 Å². The largest absolute Gasteiger partial charge is 0.349 e. The summed E-state index contributed by atoms with van der Waals surface area (Å²) in [5.74, 6) is 0.467. The Kier molecular flexibility index (Phi) is 7.01. The van der Waals surface area contributed by atoms with Crippen molar-refractivity contribution in [1.82, 2.24) is 30.0 Å². The van der Waals surface area contributed by atoms with Crippen LogP contribution in [0, 0.1) is 32.1 Å². The molecule has 2 N–H and O–H groups in total. The second-order valence-corrected chi connectivity index (χ2v) is 9.03. The lowest BCUT2D eigenvalue weighted by atomic mass is 10.1. The molecule has 33 heavy (non-hydrogen) atoms. The second kappa shape index (κ2) is 10.1. The lowest BCUT2D eigenvalue weighted by molar-refractivity contribution is 0.0947. The van der Waals surface area contributed by atoms with Crippen LogP contribution in [0.5, 0.6) is 0 Å². The summed E-state index contributed by atoms with van der Waals surface area (Å²) in [6, 6.07) is 8.23. The number of hydrogen-bond donors (Lipinski definition) is 2. The fourth-order valence-electron chi connectivity index (χ4n) is 4.06. The number of anilines is 2. The van der Waals surface area contributed by atoms with Crippen molar-refractivity contribution in [3.8, 4) is 6.07 Å². The van der Waals surface area contributed by atoms with Crippen molar-refractivity contribution in [2.45, 2.75) is 46.2 Å². The molecule has 4 rings (SSSR count). The standard InChI is InChI=1S/C23H28N8OS/c1-15-16(2)29-31(17(15)3)13-10-25-22(32)19-14-33-23(27-19)28-21-8-4-6-18(26-21)20-7-5-11-30(20)12-9-24/h4,6,8,14,20H,5,7,10-13H2,1-3H3,(H,25,32)(H,26,27,28)/t20-/m0/s1. The van der Waals surface area contributed by atoms with Crippen LogP contribution in [0.15, 0.2) is 23.6 Å². The van der Waals surface area contributed by atoms with Crippen LogP contribution in [-0.2, 0) is 6.54 Å². The van der Waals surface area contributed by atoms with Crippen molar-refractivity contribution >= 4 is 28.2 Å². The first-order chi connectivity index (χ1) is 16.0. The van der Waals surface area contributed by atoms with Gasteiger partial charge in [0.2, 0.25) is 0 Å². The summed E-state index contributed by atoms with van der Waals surface area (Å²) < 4.78 is 1.92. The van der Waals surface area contributed by atoms with Crippen molar-refractivity contribution in [2.24, 2.45) is 0 Å². The average molecular weight is 465 g/mol. The van der Waals surface area contributed by atoms with E-state index < -0.39 is 0 Å². The molecule has 172 valence electrons. The highest BCUT2D eigenvalue weighted by molar-refractivity contribution is 7.14. The lowest BCUT2D eigenvalue weighted by Crippen LogP contribution is -2.28. The Morgan fingerprint density at radius 1 is 1.30 bits per heavy atom. The van der Waals surface area contributed by atoms with Crippen LogP contribution in [0.1, 0.15) is 52.0 Å². The molecule has 0 aliphatic carbocycles. The first-order valence-corrected chi connectivity index (χ1v) is 11.9. The van der Waals surface area contributed by atoms with Gasteiger partial charge in [0.25, 0.3) is 5.91 Å². The van der Waals surface area contributed by atoms with Crippen LogP contribution in [0.2, 0.25) is 0 Å². The predicted octanol–water partition coefficient (Wildman–Crippen LogP) is 3.49. The maximum Gasteiger partial charge on any atom is 0.270 e. The number of nitrogens with one attached hydrogen (secondary N) is 2. The number of nitriles is 1. The van der Waals surface area contributed by atoms with Crippen molar-refractivity contribution in [3.05, 3.63) is 51.9 Å². The molecule has 0 bridgehead atoms. The van der Waals surface area contributed by atoms with E-state index in [1.54, 1.807) is 5.38 Å². The van der Waals surface area contributed by atoms with E-state index in [1.165, 1.54) is 16.9 Å². The number of carbonyl (C=O) groups is 1. The molecular weight excluding hydrogens is 436 g/mol. The molecule has 1 aliphatic heterocycles. The van der Waals surface area contributed by atoms with E-state index in [0.29, 0.717) is 36.3 Å². The molecule has 0 saturated carbocycles. The van der Waals surface area contributed by atoms with E-state index in [1.807, 2.05) is 36.7 Å². The van der Waals surface area contributed by atoms with Crippen LogP contribution in [0.25, 0.3) is 0 Å². The molecule has 1 atom stereocenters. The highest BCUT2D eigenvalue weighted by atomic mass is 32.1. The molecular formula is C23H28N8OS. The van der Waals surface area contributed by atoms with Crippen molar-refractivity contribution < 1.29 is 4.79 Å². The van der Waals surface area contributed by atoms with E-state index in [-0.39, 0.29) is 11.9 Å². The summed E-state index contributed by atoms with van der Waals surface area (Å²) >= 11 is 1.36. The smallest absolute Gasteiger partial charge is 0.270 e. The zero-order chi connectivity index (χ0) is 23.4. The molecule has 1 fully saturated rings. The Bertz CT molecular complexity index is 1180. The van der Waals surface area contributed by atoms with E-state index in [2.05, 4.69) is 38.6 Å². The second-order valence-electron chi connectivity index (χ2n) is 8.17. The van der Waals surface area contributed by atoms with Gasteiger partial charge in [-0.2, -0.15) is 10.4 Å². The highest BCUT2D eigenvalue weighted by Gasteiger charge is 2.26. The summed E-state index contributed by atoms with van der Waals surface area (Å²) in [5, 5.41) is 22.0. The van der Waals surface area contributed by atoms with E-state index >= 15 is 0 Å². The van der Waals surface area contributed by atoms with Gasteiger partial charge in [0.05, 0.1) is 36.6 Å². The fourth-order valence-corrected chi connectivity index (χ4v) is 4.76. The Labute approximate surface area is 197 Å². The van der Waals surface area contributed by atoms with Gasteiger partial charge in [0.1, 0.15) is 11.5 Å². The Morgan fingerprint density at radius 2 is 2.15 bits per heavy atom. The van der Waals surface area contributed by atoms with E-state index in [4.69, 9.17) is 10.2 Å². The summed E-state index contributed by atoms with van der Waals surface area (Å²) in [6.07, 6.45) is 2.06. The van der Waals surface area contributed by atoms with Gasteiger partial charge < -0.3 is 10.6 Å². The van der Waals surface area contributed by atoms with Crippen LogP contribution in [0.3, 0.4) is 0 Å². The van der Waals surface area contributed by atoms with Gasteiger partial charge in [-0.1, -0.05) is 6.07 Å². The first-order valence-electron chi connectivity index (χ1n) is 11.1. The Hall–Kier alpha value is -3.29. The maximum absolute atomic E-state index is 12.5. The number of thiazole rings is 1. The number of likely N-dealkylation sites (tertiary alicyclic amines) is 1. The minimum Gasteiger partial charge on any atom is -0.349 e. The van der Waals surface area contributed by atoms with Gasteiger partial charge in [-0.05, 0) is 57.9 Å². The molecule has 9 nitrogen and oxygen atoms in total. The molecule has 10 heteroatoms. The fraction of sp³-hybridized carbons (Fsp3) is 0.435. The normalized spacial score (nSPS) is 16.0. The number of amides is 1. The zero-order valence-corrected chi connectivity index (χ0v) is 19.9. The highest BCUT2D eigenvalue weighted by Crippen LogP contribution is 2.31. The van der Waals surface area contributed by atoms with E-state index in [9.17, 15) is 4.79 Å². The third-order valence-corrected chi connectivity index (χ3v) is 6.83. The number of aryl methyl sites for hydroxylation is 1. The number of aromatic nitrogens is 4. The number of nitrogens with zero attached hydrogens (tertiary/aromatic N) is 6. The summed E-state index contributed by atoms with van der Waals surface area (Å²) in [6.45, 7) is 8.49. The Balaban J connectivity index is 1.34. The lowest BCUT2D eigenvalue weighted by Gasteiger charge is -2.21. The third kappa shape index (κ3) is 5.21. The Morgan fingerprint density at radius 3 is 2.91 bits per heavy atom. The monoisotopic (exact) mass is 464 g/mol. The molecule has 3 aromatic rings. The van der Waals surface area contributed by atoms with Crippen molar-refractivity contribution in [3.63, 3.8) is 0 Å². The number of carbonyl (C=O) groups excluding carboxylic acids is 1. The topological polar surface area (TPSA) is 112 Å². The SMILES string of the molecule is Cc1nn(CCNC(=O)c2csc(Nc3cccc([C@@H]4CCCN4CC#N)n3)n2)c(C)c1C. The number of hydrogen-bond acceptors (Lipinski definition) is 8. The number of pyridine rings is 1. The molecule has 1 saturated heterocycles. The molecule has 4 heterocycles. The van der Waals surface area contributed by atoms with Crippen LogP contribution in [0.4, 0.5) is 10.9 Å². The van der Waals surface area contributed by atoms with Gasteiger partial charge >= 0.3 is 0 Å². The molecule has 0 aromatic carbocycles. The minimum absolute atomic E-state index is 0.162. The van der Waals surface area contributed by atoms with Crippen molar-refractivity contribution in [1.29, 1.82) is 5.26 Å². The average Bonchev–Trinajstić information content (AvgIpc) is 3.52. The molecule has 0 radical (unpaired) electrons. The number of rotatable bonds is 8. The molecule has 0 unspecified atom stereocenters. The minimum atomic E-state index is -0.211. The third-order valence-electron chi connectivity index (χ3n) is 6.07. The maximum atomic E-state index is 12.5.